The van der Waals surface area contributed by atoms with Gasteiger partial charge in [0.05, 0.1) is 17.1 Å². The first-order chi connectivity index (χ1) is 12.0. The van der Waals surface area contributed by atoms with Gasteiger partial charge in [-0.15, -0.1) is 10.2 Å². The Balaban J connectivity index is 2.13. The number of benzene rings is 1. The van der Waals surface area contributed by atoms with Crippen LogP contribution >= 0.6 is 0 Å². The van der Waals surface area contributed by atoms with Crippen molar-refractivity contribution in [1.29, 1.82) is 0 Å². The van der Waals surface area contributed by atoms with E-state index in [1.165, 1.54) is 12.1 Å². The summed E-state index contributed by atoms with van der Waals surface area (Å²) in [6.45, 7) is 2.47. The van der Waals surface area contributed by atoms with Crippen LogP contribution in [0.4, 0.5) is 11.4 Å². The van der Waals surface area contributed by atoms with Crippen molar-refractivity contribution >= 4 is 17.3 Å². The van der Waals surface area contributed by atoms with E-state index < -0.39 is 10.9 Å². The third-order valence-electron chi connectivity index (χ3n) is 3.19. The molecule has 0 saturated carbocycles. The Morgan fingerprint density at radius 3 is 2.76 bits per heavy atom. The van der Waals surface area contributed by atoms with Gasteiger partial charge in [-0.25, -0.2) is 4.79 Å². The Kier molecular flexibility index (Phi) is 6.40. The number of nitro groups is 1. The average molecular weight is 350 g/mol. The fourth-order valence-electron chi connectivity index (χ4n) is 1.95. The highest BCUT2D eigenvalue weighted by Crippen LogP contribution is 2.23. The molecule has 0 amide bonds. The van der Waals surface area contributed by atoms with Crippen molar-refractivity contribution in [2.75, 3.05) is 25.6 Å². The van der Waals surface area contributed by atoms with Crippen molar-refractivity contribution in [2.24, 2.45) is 0 Å². The van der Waals surface area contributed by atoms with Gasteiger partial charge in [0.2, 0.25) is 5.89 Å². The Labute approximate surface area is 143 Å². The Morgan fingerprint density at radius 2 is 2.12 bits per heavy atom. The summed E-state index contributed by atoms with van der Waals surface area (Å²) in [5, 5.41) is 21.4. The van der Waals surface area contributed by atoms with Crippen LogP contribution in [0.15, 0.2) is 22.6 Å². The molecule has 25 heavy (non-hydrogen) atoms. The number of non-ortho nitro benzene ring substituents is 1. The highest BCUT2D eigenvalue weighted by molar-refractivity contribution is 5.96. The number of carbonyl (C=O) groups is 1. The number of hydrogen-bond donors (Lipinski definition) is 1. The fraction of sp³-hybridized carbons (Fsp3) is 0.400. The minimum absolute atomic E-state index is 0.0422. The number of nitro benzene ring substituents is 1. The largest absolute Gasteiger partial charge is 0.452 e. The summed E-state index contributed by atoms with van der Waals surface area (Å²) >= 11 is 0. The van der Waals surface area contributed by atoms with Gasteiger partial charge in [0, 0.05) is 37.9 Å². The topological polar surface area (TPSA) is 130 Å². The summed E-state index contributed by atoms with van der Waals surface area (Å²) in [7, 11) is 1.54. The Hall–Kier alpha value is -3.01. The molecule has 2 aromatic rings. The molecule has 134 valence electrons. The lowest BCUT2D eigenvalue weighted by atomic mass is 10.1. The molecular formula is C15H18N4O6. The van der Waals surface area contributed by atoms with E-state index in [9.17, 15) is 14.9 Å². The molecule has 0 aliphatic rings. The second-order valence-electron chi connectivity index (χ2n) is 4.93. The van der Waals surface area contributed by atoms with E-state index in [2.05, 4.69) is 15.5 Å². The van der Waals surface area contributed by atoms with Crippen molar-refractivity contribution < 1.29 is 23.6 Å². The fourth-order valence-corrected chi connectivity index (χ4v) is 1.95. The maximum absolute atomic E-state index is 12.3. The van der Waals surface area contributed by atoms with E-state index in [-0.39, 0.29) is 23.7 Å². The number of carbonyl (C=O) groups excluding carboxylic acids is 1. The van der Waals surface area contributed by atoms with Gasteiger partial charge < -0.3 is 19.2 Å². The second kappa shape index (κ2) is 8.73. The number of nitrogens with one attached hydrogen (secondary N) is 1. The third kappa shape index (κ3) is 4.98. The molecule has 0 atom stereocenters. The number of esters is 1. The summed E-state index contributed by atoms with van der Waals surface area (Å²) in [4.78, 5) is 22.7. The SMILES string of the molecule is CCc1nnc(COC(=O)c2cc([N+](=O)[O-])ccc2NCCOC)o1. The molecule has 1 aromatic carbocycles. The summed E-state index contributed by atoms with van der Waals surface area (Å²) in [6, 6.07) is 3.91. The number of aromatic nitrogens is 2. The predicted octanol–water partition coefficient (Wildman–Crippen LogP) is 1.96. The molecule has 10 nitrogen and oxygen atoms in total. The average Bonchev–Trinajstić information content (AvgIpc) is 3.08. The maximum Gasteiger partial charge on any atom is 0.341 e. The number of methoxy groups -OCH3 is 1. The molecule has 1 N–H and O–H groups in total. The summed E-state index contributed by atoms with van der Waals surface area (Å²) in [6.07, 6.45) is 0.569. The summed E-state index contributed by atoms with van der Waals surface area (Å²) < 4.78 is 15.3. The molecule has 0 aliphatic carbocycles. The van der Waals surface area contributed by atoms with Gasteiger partial charge >= 0.3 is 5.97 Å². The van der Waals surface area contributed by atoms with Gasteiger partial charge in [0.1, 0.15) is 0 Å². The molecule has 0 fully saturated rings. The van der Waals surface area contributed by atoms with Gasteiger partial charge in [-0.05, 0) is 6.07 Å². The smallest absolute Gasteiger partial charge is 0.341 e. The normalized spacial score (nSPS) is 10.5. The molecule has 0 unspecified atom stereocenters. The van der Waals surface area contributed by atoms with E-state index in [4.69, 9.17) is 13.9 Å². The van der Waals surface area contributed by atoms with Crippen LogP contribution in [-0.2, 0) is 22.5 Å². The van der Waals surface area contributed by atoms with Gasteiger partial charge in [-0.3, -0.25) is 10.1 Å². The second-order valence-corrected chi connectivity index (χ2v) is 4.93. The summed E-state index contributed by atoms with van der Waals surface area (Å²) in [5.41, 5.74) is 0.239. The first kappa shape index (κ1) is 18.3. The number of hydrogen-bond acceptors (Lipinski definition) is 9. The summed E-state index contributed by atoms with van der Waals surface area (Å²) in [5.74, 6) is -0.146. The van der Waals surface area contributed by atoms with Gasteiger partial charge in [-0.1, -0.05) is 6.92 Å². The minimum atomic E-state index is -0.736. The van der Waals surface area contributed by atoms with Crippen molar-refractivity contribution in [3.63, 3.8) is 0 Å². The van der Waals surface area contributed by atoms with E-state index in [1.807, 2.05) is 6.92 Å². The molecular weight excluding hydrogens is 332 g/mol. The Morgan fingerprint density at radius 1 is 1.36 bits per heavy atom. The number of nitrogens with zero attached hydrogens (tertiary/aromatic N) is 3. The molecule has 1 aromatic heterocycles. The van der Waals surface area contributed by atoms with Crippen LogP contribution in [0.3, 0.4) is 0 Å². The zero-order valence-electron chi connectivity index (χ0n) is 13.9. The molecule has 10 heteroatoms. The maximum atomic E-state index is 12.3. The van der Waals surface area contributed by atoms with Crippen molar-refractivity contribution in [1.82, 2.24) is 10.2 Å². The molecule has 0 radical (unpaired) electrons. The molecule has 2 rings (SSSR count). The third-order valence-corrected chi connectivity index (χ3v) is 3.19. The van der Waals surface area contributed by atoms with Crippen LogP contribution in [0.1, 0.15) is 29.1 Å². The molecule has 0 bridgehead atoms. The van der Waals surface area contributed by atoms with E-state index >= 15 is 0 Å². The lowest BCUT2D eigenvalue weighted by Gasteiger charge is -2.11. The van der Waals surface area contributed by atoms with Crippen molar-refractivity contribution in [3.05, 3.63) is 45.7 Å². The quantitative estimate of drug-likeness (QED) is 0.312. The number of anilines is 1. The van der Waals surface area contributed by atoms with Crippen LogP contribution in [-0.4, -0.2) is 41.4 Å². The van der Waals surface area contributed by atoms with Crippen LogP contribution in [0.5, 0.6) is 0 Å². The lowest BCUT2D eigenvalue weighted by Crippen LogP contribution is -2.13. The predicted molar refractivity (Wildman–Crippen MR) is 86.3 cm³/mol. The Bertz CT molecular complexity index is 745. The highest BCUT2D eigenvalue weighted by Gasteiger charge is 2.19. The molecule has 0 saturated heterocycles. The lowest BCUT2D eigenvalue weighted by molar-refractivity contribution is -0.384. The molecule has 0 aliphatic heterocycles. The molecule has 1 heterocycles. The van der Waals surface area contributed by atoms with E-state index in [1.54, 1.807) is 7.11 Å². The first-order valence-electron chi connectivity index (χ1n) is 7.54. The minimum Gasteiger partial charge on any atom is -0.452 e. The number of aryl methyl sites for hydroxylation is 1. The van der Waals surface area contributed by atoms with Gasteiger partial charge in [0.25, 0.3) is 11.6 Å². The van der Waals surface area contributed by atoms with Gasteiger partial charge in [-0.2, -0.15) is 0 Å². The monoisotopic (exact) mass is 350 g/mol. The van der Waals surface area contributed by atoms with Crippen LogP contribution in [0.25, 0.3) is 0 Å². The number of ether oxygens (including phenoxy) is 2. The standard InChI is InChI=1S/C15H18N4O6/c1-3-13-17-18-14(25-13)9-24-15(20)11-8-10(19(21)22)4-5-12(11)16-6-7-23-2/h4-5,8,16H,3,6-7,9H2,1-2H3. The van der Waals surface area contributed by atoms with Crippen LogP contribution < -0.4 is 5.32 Å². The van der Waals surface area contributed by atoms with Crippen molar-refractivity contribution in [3.8, 4) is 0 Å². The molecule has 0 spiro atoms. The highest BCUT2D eigenvalue weighted by atomic mass is 16.6. The van der Waals surface area contributed by atoms with E-state index in [0.717, 1.165) is 6.07 Å². The zero-order chi connectivity index (χ0) is 18.2. The van der Waals surface area contributed by atoms with Crippen molar-refractivity contribution in [2.45, 2.75) is 20.0 Å². The van der Waals surface area contributed by atoms with Crippen LogP contribution in [0, 0.1) is 10.1 Å². The zero-order valence-corrected chi connectivity index (χ0v) is 13.9. The van der Waals surface area contributed by atoms with Crippen LogP contribution in [0.2, 0.25) is 0 Å². The van der Waals surface area contributed by atoms with E-state index in [0.29, 0.717) is 31.2 Å². The number of rotatable bonds is 9. The first-order valence-corrected chi connectivity index (χ1v) is 7.54. The van der Waals surface area contributed by atoms with Gasteiger partial charge in [0.15, 0.2) is 6.61 Å².